The van der Waals surface area contributed by atoms with E-state index in [0.29, 0.717) is 19.8 Å². The molecule has 1 atom stereocenters. The van der Waals surface area contributed by atoms with E-state index in [4.69, 9.17) is 9.47 Å². The number of nitrogens with zero attached hydrogens (tertiary/aromatic N) is 3. The van der Waals surface area contributed by atoms with Crippen molar-refractivity contribution in [2.45, 2.75) is 45.5 Å². The minimum atomic E-state index is -3.42. The highest BCUT2D eigenvalue weighted by Crippen LogP contribution is 2.14. The van der Waals surface area contributed by atoms with Crippen LogP contribution in [0.3, 0.4) is 0 Å². The van der Waals surface area contributed by atoms with E-state index in [1.165, 1.54) is 12.8 Å². The first-order chi connectivity index (χ1) is 12.1. The van der Waals surface area contributed by atoms with Gasteiger partial charge in [0.25, 0.3) is 0 Å². The third-order valence-corrected chi connectivity index (χ3v) is 5.91. The van der Waals surface area contributed by atoms with Crippen LogP contribution < -0.4 is 4.72 Å². The first-order valence-corrected chi connectivity index (χ1v) is 10.7. The number of fused-ring (bicyclic) bond motifs is 1. The van der Waals surface area contributed by atoms with Gasteiger partial charge in [-0.15, -0.1) is 0 Å². The average molecular weight is 372 g/mol. The summed E-state index contributed by atoms with van der Waals surface area (Å²) in [7, 11) is -3.42. The molecule has 0 bridgehead atoms. The third kappa shape index (κ3) is 5.49. The monoisotopic (exact) mass is 372 g/mol. The molecule has 1 aromatic rings. The molecule has 9 heteroatoms. The van der Waals surface area contributed by atoms with Gasteiger partial charge >= 0.3 is 0 Å². The summed E-state index contributed by atoms with van der Waals surface area (Å²) < 4.78 is 39.7. The predicted octanol–water partition coefficient (Wildman–Crippen LogP) is 0.334. The smallest absolute Gasteiger partial charge is 0.214 e. The first kappa shape index (κ1) is 18.8. The highest BCUT2D eigenvalue weighted by Gasteiger charge is 2.23. The van der Waals surface area contributed by atoms with Gasteiger partial charge in [-0.3, -0.25) is 9.58 Å². The molecule has 8 nitrogen and oxygen atoms in total. The van der Waals surface area contributed by atoms with Crippen LogP contribution in [0, 0.1) is 0 Å². The van der Waals surface area contributed by atoms with Crippen molar-refractivity contribution < 1.29 is 17.9 Å². The number of unbranched alkanes of at least 4 members (excludes halogenated alkanes) is 1. The third-order valence-electron chi connectivity index (χ3n) is 4.52. The van der Waals surface area contributed by atoms with Gasteiger partial charge in [0.2, 0.25) is 10.0 Å². The maximum atomic E-state index is 12.2. The van der Waals surface area contributed by atoms with Crippen LogP contribution in [-0.4, -0.2) is 67.9 Å². The Kier molecular flexibility index (Phi) is 6.45. The summed E-state index contributed by atoms with van der Waals surface area (Å²) in [5, 5.41) is 4.52. The number of hydrogen-bond acceptors (Lipinski definition) is 6. The predicted molar refractivity (Wildman–Crippen MR) is 93.6 cm³/mol. The number of nitrogens with one attached hydrogen (secondary N) is 1. The molecule has 0 radical (unpaired) electrons. The van der Waals surface area contributed by atoms with Gasteiger partial charge in [-0.1, -0.05) is 13.3 Å². The molecular formula is C16H28N4O4S. The lowest BCUT2D eigenvalue weighted by Gasteiger charge is -2.27. The van der Waals surface area contributed by atoms with Crippen molar-refractivity contribution in [2.75, 3.05) is 38.7 Å². The van der Waals surface area contributed by atoms with Gasteiger partial charge in [0, 0.05) is 13.1 Å². The first-order valence-electron chi connectivity index (χ1n) is 9.00. The summed E-state index contributed by atoms with van der Waals surface area (Å²) in [6.45, 7) is 7.56. The Bertz CT molecular complexity index is 655. The van der Waals surface area contributed by atoms with E-state index in [1.54, 1.807) is 0 Å². The van der Waals surface area contributed by atoms with E-state index >= 15 is 0 Å². The second kappa shape index (κ2) is 8.59. The van der Waals surface area contributed by atoms with Gasteiger partial charge in [0.05, 0.1) is 56.2 Å². The molecule has 142 valence electrons. The fourth-order valence-corrected chi connectivity index (χ4v) is 4.33. The molecule has 1 saturated heterocycles. The zero-order valence-corrected chi connectivity index (χ0v) is 15.6. The lowest BCUT2D eigenvalue weighted by Crippen LogP contribution is -2.38. The molecule has 3 rings (SSSR count). The number of hydrogen-bond donors (Lipinski definition) is 1. The molecule has 1 N–H and O–H groups in total. The van der Waals surface area contributed by atoms with Gasteiger partial charge in [0.1, 0.15) is 0 Å². The molecule has 1 unspecified atom stereocenters. The molecule has 0 spiro atoms. The summed E-state index contributed by atoms with van der Waals surface area (Å²) in [4.78, 5) is 2.43. The second-order valence-corrected chi connectivity index (χ2v) is 8.50. The normalized spacial score (nSPS) is 22.0. The Morgan fingerprint density at radius 2 is 2.24 bits per heavy atom. The minimum absolute atomic E-state index is 0.0780. The second-order valence-electron chi connectivity index (χ2n) is 6.65. The van der Waals surface area contributed by atoms with Crippen LogP contribution in [-0.2, 0) is 39.1 Å². The van der Waals surface area contributed by atoms with Crippen LogP contribution in [0.15, 0.2) is 6.07 Å². The SMILES string of the molecule is CCCCN1CCn2nc(CNS(=O)(=O)CC3COCCO3)cc2C1. The van der Waals surface area contributed by atoms with Crippen molar-refractivity contribution in [2.24, 2.45) is 0 Å². The van der Waals surface area contributed by atoms with E-state index in [-0.39, 0.29) is 12.3 Å². The van der Waals surface area contributed by atoms with Gasteiger partial charge in [-0.05, 0) is 19.0 Å². The largest absolute Gasteiger partial charge is 0.376 e. The van der Waals surface area contributed by atoms with Gasteiger partial charge < -0.3 is 9.47 Å². The van der Waals surface area contributed by atoms with E-state index in [2.05, 4.69) is 21.6 Å². The van der Waals surface area contributed by atoms with E-state index in [9.17, 15) is 8.42 Å². The standard InChI is InChI=1S/C16H28N4O4S/c1-2-3-4-19-5-6-20-15(11-19)9-14(18-20)10-17-25(21,22)13-16-12-23-7-8-24-16/h9,16-17H,2-8,10-13H2,1H3. The summed E-state index contributed by atoms with van der Waals surface area (Å²) in [5.41, 5.74) is 1.91. The highest BCUT2D eigenvalue weighted by molar-refractivity contribution is 7.89. The van der Waals surface area contributed by atoms with Crippen LogP contribution in [0.2, 0.25) is 0 Å². The van der Waals surface area contributed by atoms with Crippen molar-refractivity contribution >= 4 is 10.0 Å². The molecule has 1 aromatic heterocycles. The summed E-state index contributed by atoms with van der Waals surface area (Å²) >= 11 is 0. The van der Waals surface area contributed by atoms with Gasteiger partial charge in [-0.25, -0.2) is 13.1 Å². The summed E-state index contributed by atoms with van der Waals surface area (Å²) in [5.74, 6) is -0.0780. The maximum Gasteiger partial charge on any atom is 0.214 e. The zero-order chi connectivity index (χ0) is 17.7. The molecule has 3 heterocycles. The summed E-state index contributed by atoms with van der Waals surface area (Å²) in [6.07, 6.45) is 2.00. The van der Waals surface area contributed by atoms with Crippen LogP contribution in [0.4, 0.5) is 0 Å². The number of rotatable bonds is 8. The van der Waals surface area contributed by atoms with Crippen molar-refractivity contribution in [1.29, 1.82) is 0 Å². The van der Waals surface area contributed by atoms with Gasteiger partial charge in [-0.2, -0.15) is 5.10 Å². The number of aromatic nitrogens is 2. The van der Waals surface area contributed by atoms with Gasteiger partial charge in [0.15, 0.2) is 0 Å². The molecule has 0 amide bonds. The topological polar surface area (TPSA) is 85.7 Å². The minimum Gasteiger partial charge on any atom is -0.376 e. The Morgan fingerprint density at radius 1 is 1.36 bits per heavy atom. The van der Waals surface area contributed by atoms with Crippen molar-refractivity contribution in [3.8, 4) is 0 Å². The molecule has 2 aliphatic rings. The maximum absolute atomic E-state index is 12.2. The molecule has 25 heavy (non-hydrogen) atoms. The zero-order valence-electron chi connectivity index (χ0n) is 14.8. The molecule has 2 aliphatic heterocycles. The highest BCUT2D eigenvalue weighted by atomic mass is 32.2. The molecular weight excluding hydrogens is 344 g/mol. The fraction of sp³-hybridized carbons (Fsp3) is 0.812. The van der Waals surface area contributed by atoms with E-state index in [0.717, 1.165) is 37.6 Å². The van der Waals surface area contributed by atoms with Crippen molar-refractivity contribution in [1.82, 2.24) is 19.4 Å². The average Bonchev–Trinajstić information content (AvgIpc) is 3.01. The van der Waals surface area contributed by atoms with E-state index in [1.807, 2.05) is 10.7 Å². The van der Waals surface area contributed by atoms with Crippen LogP contribution in [0.1, 0.15) is 31.2 Å². The molecule has 1 fully saturated rings. The Labute approximate surface area is 149 Å². The molecule has 0 aliphatic carbocycles. The van der Waals surface area contributed by atoms with Crippen LogP contribution in [0.25, 0.3) is 0 Å². The quantitative estimate of drug-likeness (QED) is 0.708. The Morgan fingerprint density at radius 3 is 3.00 bits per heavy atom. The van der Waals surface area contributed by atoms with Crippen LogP contribution in [0.5, 0.6) is 0 Å². The fourth-order valence-electron chi connectivity index (χ4n) is 3.16. The molecule has 0 saturated carbocycles. The van der Waals surface area contributed by atoms with Crippen molar-refractivity contribution in [3.63, 3.8) is 0 Å². The lowest BCUT2D eigenvalue weighted by atomic mass is 10.2. The van der Waals surface area contributed by atoms with Crippen LogP contribution >= 0.6 is 0 Å². The van der Waals surface area contributed by atoms with Crippen molar-refractivity contribution in [3.05, 3.63) is 17.5 Å². The molecule has 0 aromatic carbocycles. The lowest BCUT2D eigenvalue weighted by molar-refractivity contribution is -0.0783. The Balaban J connectivity index is 1.51. The Hall–Kier alpha value is -1.00. The van der Waals surface area contributed by atoms with E-state index < -0.39 is 16.1 Å². The number of sulfonamides is 1. The number of ether oxygens (including phenoxy) is 2. The summed E-state index contributed by atoms with van der Waals surface area (Å²) in [6, 6.07) is 2.00.